The molecule has 34 heavy (non-hydrogen) atoms. The molecule has 0 saturated carbocycles. The Hall–Kier alpha value is -2.90. The molecule has 0 saturated heterocycles. The number of hydrogen-bond donors (Lipinski definition) is 5. The zero-order chi connectivity index (χ0) is 25.0. The van der Waals surface area contributed by atoms with Gasteiger partial charge in [-0.3, -0.25) is 15.6 Å². The Morgan fingerprint density at radius 3 is 2.53 bits per heavy atom. The van der Waals surface area contributed by atoms with E-state index in [9.17, 15) is 4.79 Å². The van der Waals surface area contributed by atoms with Gasteiger partial charge in [-0.15, -0.1) is 0 Å². The highest BCUT2D eigenvalue weighted by Gasteiger charge is 2.45. The van der Waals surface area contributed by atoms with Crippen molar-refractivity contribution in [3.05, 3.63) is 70.0 Å². The first-order chi connectivity index (χ1) is 16.1. The maximum atomic E-state index is 12.0. The van der Waals surface area contributed by atoms with Gasteiger partial charge in [0.25, 0.3) is 0 Å². The molecular weight excluding hydrogens is 424 g/mol. The van der Waals surface area contributed by atoms with E-state index < -0.39 is 11.3 Å². The number of aliphatic imine (C=N–C) groups is 1. The van der Waals surface area contributed by atoms with Crippen molar-refractivity contribution in [2.75, 3.05) is 6.54 Å². The standard InChI is InChI=1S/C27H40N6O/c1-6-31-17(4)15-27(26(29)32-16(2)3)23-11-9-19(18(5)33-30)13-20(23)7-8-21-14-22(25(28)34)10-12-24(21)27/h10,12-14,16-17,31,33H,5-9,11,15,30H2,1-4H3,(H2,28,34)(H2,29,32)/t17-,27?/m1/s1. The first-order valence-corrected chi connectivity index (χ1v) is 12.2. The van der Waals surface area contributed by atoms with Gasteiger partial charge >= 0.3 is 0 Å². The van der Waals surface area contributed by atoms with Crippen molar-refractivity contribution in [2.24, 2.45) is 22.3 Å². The largest absolute Gasteiger partial charge is 0.386 e. The zero-order valence-electron chi connectivity index (χ0n) is 21.0. The molecule has 1 amide bonds. The smallest absolute Gasteiger partial charge is 0.248 e. The lowest BCUT2D eigenvalue weighted by Crippen LogP contribution is -2.49. The lowest BCUT2D eigenvalue weighted by Gasteiger charge is -2.41. The molecule has 0 aliphatic heterocycles. The second-order valence-corrected chi connectivity index (χ2v) is 9.71. The van der Waals surface area contributed by atoms with Crippen LogP contribution in [0, 0.1) is 0 Å². The number of primary amides is 1. The summed E-state index contributed by atoms with van der Waals surface area (Å²) in [7, 11) is 0. The second kappa shape index (κ2) is 10.6. The molecule has 0 spiro atoms. The maximum Gasteiger partial charge on any atom is 0.248 e. The highest BCUT2D eigenvalue weighted by molar-refractivity contribution is 5.98. The zero-order valence-corrected chi connectivity index (χ0v) is 21.0. The van der Waals surface area contributed by atoms with Crippen molar-refractivity contribution < 1.29 is 4.79 Å². The summed E-state index contributed by atoms with van der Waals surface area (Å²) in [5, 5.41) is 3.57. The number of benzene rings is 1. The van der Waals surface area contributed by atoms with Crippen molar-refractivity contribution >= 4 is 11.7 Å². The van der Waals surface area contributed by atoms with E-state index in [1.807, 2.05) is 32.0 Å². The van der Waals surface area contributed by atoms with Crippen LogP contribution in [0.25, 0.3) is 0 Å². The minimum atomic E-state index is -0.581. The van der Waals surface area contributed by atoms with Crippen molar-refractivity contribution in [3.63, 3.8) is 0 Å². The average molecular weight is 465 g/mol. The molecule has 0 heterocycles. The Bertz CT molecular complexity index is 1050. The number of amidine groups is 1. The number of fused-ring (bicyclic) bond motifs is 1. The van der Waals surface area contributed by atoms with Crippen molar-refractivity contribution in [2.45, 2.75) is 77.3 Å². The fourth-order valence-corrected chi connectivity index (χ4v) is 5.53. The first kappa shape index (κ1) is 25.7. The predicted octanol–water partition coefficient (Wildman–Crippen LogP) is 3.12. The summed E-state index contributed by atoms with van der Waals surface area (Å²) in [6.07, 6.45) is 6.27. The quantitative estimate of drug-likeness (QED) is 0.166. The van der Waals surface area contributed by atoms with E-state index in [1.165, 1.54) is 11.1 Å². The molecule has 1 aromatic carbocycles. The molecule has 7 nitrogen and oxygen atoms in total. The van der Waals surface area contributed by atoms with Crippen LogP contribution in [0.5, 0.6) is 0 Å². The number of rotatable bonds is 9. The van der Waals surface area contributed by atoms with Gasteiger partial charge in [0.2, 0.25) is 5.91 Å². The van der Waals surface area contributed by atoms with Gasteiger partial charge in [0, 0.05) is 23.3 Å². The molecule has 8 N–H and O–H groups in total. The molecule has 2 atom stereocenters. The minimum absolute atomic E-state index is 0.0582. The van der Waals surface area contributed by atoms with E-state index in [2.05, 4.69) is 37.2 Å². The van der Waals surface area contributed by atoms with Gasteiger partial charge in [-0.1, -0.05) is 25.6 Å². The third-order valence-corrected chi connectivity index (χ3v) is 6.97. The number of nitrogens with two attached hydrogens (primary N) is 3. The normalized spacial score (nSPS) is 21.4. The average Bonchev–Trinajstić information content (AvgIpc) is 2.93. The Balaban J connectivity index is 2.35. The van der Waals surface area contributed by atoms with Gasteiger partial charge in [0.1, 0.15) is 5.84 Å². The van der Waals surface area contributed by atoms with Crippen LogP contribution in [0.4, 0.5) is 0 Å². The van der Waals surface area contributed by atoms with Crippen LogP contribution in [0.3, 0.4) is 0 Å². The maximum absolute atomic E-state index is 12.0. The Kier molecular flexibility index (Phi) is 8.00. The summed E-state index contributed by atoms with van der Waals surface area (Å²) in [5.74, 6) is 5.88. The SMILES string of the molecule is C=C(NN)C1=CC2=C(CC1)C(C[C@@H](C)NCC)(C(N)=NC(C)C)c1ccc(C(N)=O)cc1CC2. The highest BCUT2D eigenvalue weighted by Crippen LogP contribution is 2.48. The van der Waals surface area contributed by atoms with Gasteiger partial charge in [0.15, 0.2) is 0 Å². The van der Waals surface area contributed by atoms with Gasteiger partial charge in [-0.05, 0) is 99.4 Å². The van der Waals surface area contributed by atoms with E-state index in [1.54, 1.807) is 0 Å². The van der Waals surface area contributed by atoms with Crippen molar-refractivity contribution in [1.29, 1.82) is 0 Å². The van der Waals surface area contributed by atoms with Crippen LogP contribution >= 0.6 is 0 Å². The Morgan fingerprint density at radius 1 is 1.18 bits per heavy atom. The second-order valence-electron chi connectivity index (χ2n) is 9.71. The summed E-state index contributed by atoms with van der Waals surface area (Å²) in [5.41, 5.74) is 21.9. The van der Waals surface area contributed by atoms with Crippen LogP contribution in [0.15, 0.2) is 58.3 Å². The number of carbonyl (C=O) groups is 1. The Morgan fingerprint density at radius 2 is 1.91 bits per heavy atom. The van der Waals surface area contributed by atoms with Crippen molar-refractivity contribution in [3.8, 4) is 0 Å². The van der Waals surface area contributed by atoms with Gasteiger partial charge in [-0.2, -0.15) is 0 Å². The van der Waals surface area contributed by atoms with Gasteiger partial charge in [0.05, 0.1) is 5.41 Å². The number of nitrogens with one attached hydrogen (secondary N) is 2. The lowest BCUT2D eigenvalue weighted by atomic mass is 9.64. The fourth-order valence-electron chi connectivity index (χ4n) is 5.53. The lowest BCUT2D eigenvalue weighted by molar-refractivity contribution is 0.1000. The molecule has 3 rings (SSSR count). The number of hydrogen-bond acceptors (Lipinski definition) is 5. The third-order valence-electron chi connectivity index (χ3n) is 6.97. The van der Waals surface area contributed by atoms with Crippen LogP contribution in [0.1, 0.15) is 74.9 Å². The third kappa shape index (κ3) is 4.95. The van der Waals surface area contributed by atoms with Crippen LogP contribution in [-0.4, -0.2) is 30.4 Å². The van der Waals surface area contributed by atoms with E-state index in [-0.39, 0.29) is 12.1 Å². The number of carbonyl (C=O) groups excluding carboxylic acids is 1. The molecule has 0 bridgehead atoms. The molecule has 1 unspecified atom stereocenters. The summed E-state index contributed by atoms with van der Waals surface area (Å²) < 4.78 is 0. The summed E-state index contributed by atoms with van der Waals surface area (Å²) in [4.78, 5) is 16.9. The number of allylic oxidation sites excluding steroid dienone is 3. The molecule has 2 aliphatic carbocycles. The number of aryl methyl sites for hydroxylation is 1. The van der Waals surface area contributed by atoms with Crippen LogP contribution in [-0.2, 0) is 11.8 Å². The highest BCUT2D eigenvalue weighted by atomic mass is 16.1. The molecule has 2 aliphatic rings. The van der Waals surface area contributed by atoms with Crippen LogP contribution < -0.4 is 28.1 Å². The summed E-state index contributed by atoms with van der Waals surface area (Å²) in [6, 6.07) is 6.07. The molecular formula is C27H40N6O. The topological polar surface area (TPSA) is 132 Å². The Labute approximate surface area is 203 Å². The fraction of sp³-hybridized carbons (Fsp3) is 0.481. The van der Waals surface area contributed by atoms with Gasteiger partial charge < -0.3 is 22.2 Å². The molecule has 0 aromatic heterocycles. The number of hydrazine groups is 1. The van der Waals surface area contributed by atoms with Crippen LogP contribution in [0.2, 0.25) is 0 Å². The monoisotopic (exact) mass is 464 g/mol. The summed E-state index contributed by atoms with van der Waals surface area (Å²) >= 11 is 0. The molecule has 0 radical (unpaired) electrons. The first-order valence-electron chi connectivity index (χ1n) is 12.2. The summed E-state index contributed by atoms with van der Waals surface area (Å²) in [6.45, 7) is 13.3. The molecule has 0 fully saturated rings. The van der Waals surface area contributed by atoms with E-state index >= 15 is 0 Å². The number of nitrogens with zero attached hydrogens (tertiary/aromatic N) is 1. The molecule has 7 heteroatoms. The minimum Gasteiger partial charge on any atom is -0.386 e. The van der Waals surface area contributed by atoms with Crippen molar-refractivity contribution in [1.82, 2.24) is 10.7 Å². The van der Waals surface area contributed by atoms with E-state index in [0.29, 0.717) is 11.4 Å². The van der Waals surface area contributed by atoms with Gasteiger partial charge in [-0.25, -0.2) is 0 Å². The molecule has 1 aromatic rings. The van der Waals surface area contributed by atoms with E-state index in [0.717, 1.165) is 61.0 Å². The molecule has 184 valence electrons. The predicted molar refractivity (Wildman–Crippen MR) is 140 cm³/mol. The van der Waals surface area contributed by atoms with E-state index in [4.69, 9.17) is 22.3 Å². The number of amides is 1.